The van der Waals surface area contributed by atoms with Crippen molar-refractivity contribution in [2.45, 2.75) is 12.8 Å². The maximum atomic E-state index is 6.21. The maximum Gasteiger partial charge on any atom is 0.107 e. The summed E-state index contributed by atoms with van der Waals surface area (Å²) in [6, 6.07) is 5.81. The fourth-order valence-electron chi connectivity index (χ4n) is 2.60. The van der Waals surface area contributed by atoms with Crippen LogP contribution in [-0.4, -0.2) is 31.8 Å². The summed E-state index contributed by atoms with van der Waals surface area (Å²) in [4.78, 5) is 2.67. The molecule has 1 aliphatic rings. The minimum Gasteiger partial charge on any atom is -0.389 e. The van der Waals surface area contributed by atoms with E-state index in [0.717, 1.165) is 43.8 Å². The summed E-state index contributed by atoms with van der Waals surface area (Å²) in [7, 11) is 1.76. The molecule has 0 radical (unpaired) electrons. The lowest BCUT2D eigenvalue weighted by atomic mass is 9.96. The summed E-state index contributed by atoms with van der Waals surface area (Å²) in [5.41, 5.74) is 7.64. The van der Waals surface area contributed by atoms with Crippen molar-refractivity contribution in [1.82, 2.24) is 0 Å². The Morgan fingerprint density at radius 3 is 2.74 bits per heavy atom. The van der Waals surface area contributed by atoms with E-state index in [2.05, 4.69) is 4.90 Å². The van der Waals surface area contributed by atoms with Crippen LogP contribution < -0.4 is 10.6 Å². The Labute approximate surface area is 124 Å². The van der Waals surface area contributed by atoms with Gasteiger partial charge in [-0.1, -0.05) is 29.9 Å². The van der Waals surface area contributed by atoms with Crippen molar-refractivity contribution < 1.29 is 4.74 Å². The lowest BCUT2D eigenvalue weighted by Gasteiger charge is -2.34. The zero-order valence-electron chi connectivity index (χ0n) is 11.1. The van der Waals surface area contributed by atoms with Gasteiger partial charge in [0.05, 0.1) is 10.6 Å². The summed E-state index contributed by atoms with van der Waals surface area (Å²) in [5.74, 6) is 0.647. The molecule has 1 saturated heterocycles. The molecule has 2 rings (SSSR count). The number of thiocarbonyl (C=S) groups is 1. The largest absolute Gasteiger partial charge is 0.389 e. The Morgan fingerprint density at radius 2 is 2.16 bits per heavy atom. The highest BCUT2D eigenvalue weighted by atomic mass is 35.5. The molecule has 1 fully saturated rings. The van der Waals surface area contributed by atoms with E-state index in [1.807, 2.05) is 18.2 Å². The third kappa shape index (κ3) is 3.38. The SMILES string of the molecule is COCC1CCN(c2cccc(Cl)c2C(N)=S)CC1. The highest BCUT2D eigenvalue weighted by molar-refractivity contribution is 7.80. The van der Waals surface area contributed by atoms with Crippen LogP contribution in [0.15, 0.2) is 18.2 Å². The van der Waals surface area contributed by atoms with Gasteiger partial charge in [-0.2, -0.15) is 0 Å². The van der Waals surface area contributed by atoms with Crippen molar-refractivity contribution in [2.24, 2.45) is 11.7 Å². The number of anilines is 1. The van der Waals surface area contributed by atoms with Crippen LogP contribution in [0.25, 0.3) is 0 Å². The molecule has 19 heavy (non-hydrogen) atoms. The Hall–Kier alpha value is -0.840. The second kappa shape index (κ2) is 6.55. The first-order valence-corrected chi connectivity index (χ1v) is 7.24. The molecular weight excluding hydrogens is 280 g/mol. The lowest BCUT2D eigenvalue weighted by molar-refractivity contribution is 0.139. The van der Waals surface area contributed by atoms with Crippen LogP contribution >= 0.6 is 23.8 Å². The second-order valence-corrected chi connectivity index (χ2v) is 5.73. The molecule has 0 unspecified atom stereocenters. The maximum absolute atomic E-state index is 6.21. The van der Waals surface area contributed by atoms with Crippen molar-refractivity contribution >= 4 is 34.5 Å². The first-order chi connectivity index (χ1) is 9.13. The van der Waals surface area contributed by atoms with Gasteiger partial charge in [0.15, 0.2) is 0 Å². The third-order valence-electron chi connectivity index (χ3n) is 3.60. The lowest BCUT2D eigenvalue weighted by Crippen LogP contribution is -2.36. The smallest absolute Gasteiger partial charge is 0.107 e. The van der Waals surface area contributed by atoms with E-state index < -0.39 is 0 Å². The normalized spacial score (nSPS) is 16.6. The number of hydrogen-bond donors (Lipinski definition) is 1. The van der Waals surface area contributed by atoms with Crippen molar-refractivity contribution in [3.8, 4) is 0 Å². The van der Waals surface area contributed by atoms with Gasteiger partial charge in [-0.05, 0) is 30.9 Å². The molecule has 0 saturated carbocycles. The first kappa shape index (κ1) is 14.6. The van der Waals surface area contributed by atoms with E-state index in [1.165, 1.54) is 0 Å². The molecule has 0 spiro atoms. The Bertz CT molecular complexity index is 459. The Kier molecular flexibility index (Phi) is 5.02. The highest BCUT2D eigenvalue weighted by Crippen LogP contribution is 2.30. The standard InChI is InChI=1S/C14H19ClN2OS/c1-18-9-10-5-7-17(8-6-10)12-4-2-3-11(15)13(12)14(16)19/h2-4,10H,5-9H2,1H3,(H2,16,19). The molecule has 1 heterocycles. The third-order valence-corrected chi connectivity index (χ3v) is 4.11. The molecule has 0 bridgehead atoms. The van der Waals surface area contributed by atoms with Crippen molar-refractivity contribution in [3.63, 3.8) is 0 Å². The quantitative estimate of drug-likeness (QED) is 0.868. The zero-order valence-corrected chi connectivity index (χ0v) is 12.6. The highest BCUT2D eigenvalue weighted by Gasteiger charge is 2.22. The van der Waals surface area contributed by atoms with Crippen LogP contribution in [0.3, 0.4) is 0 Å². The number of piperidine rings is 1. The van der Waals surface area contributed by atoms with Gasteiger partial charge >= 0.3 is 0 Å². The van der Waals surface area contributed by atoms with Gasteiger partial charge in [-0.25, -0.2) is 0 Å². The molecule has 3 nitrogen and oxygen atoms in total. The minimum absolute atomic E-state index is 0.361. The fourth-order valence-corrected chi connectivity index (χ4v) is 3.14. The number of hydrogen-bond acceptors (Lipinski definition) is 3. The molecule has 1 aromatic carbocycles. The minimum atomic E-state index is 0.361. The number of methoxy groups -OCH3 is 1. The van der Waals surface area contributed by atoms with E-state index in [9.17, 15) is 0 Å². The monoisotopic (exact) mass is 298 g/mol. The molecular formula is C14H19ClN2OS. The van der Waals surface area contributed by atoms with Crippen molar-refractivity contribution in [3.05, 3.63) is 28.8 Å². The van der Waals surface area contributed by atoms with E-state index in [0.29, 0.717) is 15.9 Å². The topological polar surface area (TPSA) is 38.5 Å². The summed E-state index contributed by atoms with van der Waals surface area (Å²) in [6.07, 6.45) is 2.24. The van der Waals surface area contributed by atoms with Gasteiger partial charge in [-0.15, -0.1) is 0 Å². The fraction of sp³-hybridized carbons (Fsp3) is 0.500. The molecule has 2 N–H and O–H groups in total. The average Bonchev–Trinajstić information content (AvgIpc) is 2.39. The van der Waals surface area contributed by atoms with Crippen LogP contribution in [0.4, 0.5) is 5.69 Å². The Morgan fingerprint density at radius 1 is 1.47 bits per heavy atom. The summed E-state index contributed by atoms with van der Waals surface area (Å²) >= 11 is 11.3. The summed E-state index contributed by atoms with van der Waals surface area (Å²) < 4.78 is 5.22. The van der Waals surface area contributed by atoms with Gasteiger partial charge in [0.2, 0.25) is 0 Å². The van der Waals surface area contributed by atoms with Crippen LogP contribution in [0.5, 0.6) is 0 Å². The average molecular weight is 299 g/mol. The molecule has 5 heteroatoms. The van der Waals surface area contributed by atoms with E-state index in [1.54, 1.807) is 7.11 Å². The molecule has 0 amide bonds. The molecule has 1 aliphatic heterocycles. The number of rotatable bonds is 4. The van der Waals surface area contributed by atoms with Crippen LogP contribution in [0, 0.1) is 5.92 Å². The molecule has 0 aliphatic carbocycles. The summed E-state index contributed by atoms with van der Waals surface area (Å²) in [6.45, 7) is 2.82. The van der Waals surface area contributed by atoms with Crippen molar-refractivity contribution in [1.29, 1.82) is 0 Å². The van der Waals surface area contributed by atoms with E-state index in [4.69, 9.17) is 34.3 Å². The number of benzene rings is 1. The number of nitrogens with zero attached hydrogens (tertiary/aromatic N) is 1. The molecule has 1 aromatic rings. The number of nitrogens with two attached hydrogens (primary N) is 1. The molecule has 0 atom stereocenters. The van der Waals surface area contributed by atoms with Gasteiger partial charge in [0.1, 0.15) is 4.99 Å². The summed E-state index contributed by atoms with van der Waals surface area (Å²) in [5, 5.41) is 0.629. The van der Waals surface area contributed by atoms with E-state index >= 15 is 0 Å². The van der Waals surface area contributed by atoms with Gasteiger partial charge < -0.3 is 15.4 Å². The van der Waals surface area contributed by atoms with Crippen LogP contribution in [-0.2, 0) is 4.74 Å². The first-order valence-electron chi connectivity index (χ1n) is 6.45. The van der Waals surface area contributed by atoms with Crippen molar-refractivity contribution in [2.75, 3.05) is 31.7 Å². The van der Waals surface area contributed by atoms with Crippen LogP contribution in [0.2, 0.25) is 5.02 Å². The van der Waals surface area contributed by atoms with Gasteiger partial charge in [0.25, 0.3) is 0 Å². The molecule has 0 aromatic heterocycles. The van der Waals surface area contributed by atoms with Gasteiger partial charge in [0, 0.05) is 32.5 Å². The zero-order chi connectivity index (χ0) is 13.8. The van der Waals surface area contributed by atoms with Crippen LogP contribution in [0.1, 0.15) is 18.4 Å². The number of ether oxygens (including phenoxy) is 1. The predicted molar refractivity (Wildman–Crippen MR) is 84.2 cm³/mol. The second-order valence-electron chi connectivity index (χ2n) is 4.88. The molecule has 104 valence electrons. The number of halogens is 1. The predicted octanol–water partition coefficient (Wildman–Crippen LogP) is 2.84. The van der Waals surface area contributed by atoms with Gasteiger partial charge in [-0.3, -0.25) is 0 Å². The Balaban J connectivity index is 2.15. The van der Waals surface area contributed by atoms with E-state index in [-0.39, 0.29) is 0 Å².